The van der Waals surface area contributed by atoms with Crippen LogP contribution in [-0.2, 0) is 6.42 Å². The molecule has 0 aliphatic rings. The summed E-state index contributed by atoms with van der Waals surface area (Å²) in [5.41, 5.74) is 10.3. The molecular formula is C19H26. The van der Waals surface area contributed by atoms with Crippen molar-refractivity contribution in [2.24, 2.45) is 0 Å². The number of hydrogen-bond donors (Lipinski definition) is 0. The molecule has 0 fully saturated rings. The lowest BCUT2D eigenvalue weighted by molar-refractivity contribution is 0.912. The summed E-state index contributed by atoms with van der Waals surface area (Å²) >= 11 is 0. The van der Waals surface area contributed by atoms with Crippen molar-refractivity contribution in [2.45, 2.75) is 61.3 Å². The molecule has 19 heavy (non-hydrogen) atoms. The second-order valence-electron chi connectivity index (χ2n) is 5.96. The van der Waals surface area contributed by atoms with E-state index in [0.717, 1.165) is 0 Å². The molecule has 0 aliphatic carbocycles. The second-order valence-corrected chi connectivity index (χ2v) is 5.96. The molecule has 0 aliphatic heterocycles. The van der Waals surface area contributed by atoms with E-state index in [9.17, 15) is 0 Å². The van der Waals surface area contributed by atoms with Gasteiger partial charge in [0.1, 0.15) is 0 Å². The third kappa shape index (κ3) is 2.08. The molecule has 0 aromatic heterocycles. The van der Waals surface area contributed by atoms with Gasteiger partial charge in [-0.15, -0.1) is 0 Å². The van der Waals surface area contributed by atoms with E-state index in [1.54, 1.807) is 0 Å². The molecule has 102 valence electrons. The average molecular weight is 254 g/mol. The van der Waals surface area contributed by atoms with Crippen molar-refractivity contribution in [1.82, 2.24) is 0 Å². The Bertz CT molecular complexity index is 645. The normalized spacial score (nSPS) is 11.3. The minimum Gasteiger partial charge on any atom is -0.0651 e. The van der Waals surface area contributed by atoms with E-state index in [-0.39, 0.29) is 0 Å². The first kappa shape index (κ1) is 14.1. The molecule has 0 radical (unpaired) electrons. The highest BCUT2D eigenvalue weighted by molar-refractivity contribution is 5.94. The lowest BCUT2D eigenvalue weighted by Crippen LogP contribution is -2.00. The SMILES string of the molecule is CCCc1cc2c(C)c(C)c(C)c(C)c2c(C)c1C. The quantitative estimate of drug-likeness (QED) is 0.650. The van der Waals surface area contributed by atoms with E-state index >= 15 is 0 Å². The van der Waals surface area contributed by atoms with Crippen molar-refractivity contribution in [2.75, 3.05) is 0 Å². The molecule has 0 amide bonds. The van der Waals surface area contributed by atoms with Crippen LogP contribution in [0.15, 0.2) is 6.07 Å². The highest BCUT2D eigenvalue weighted by atomic mass is 14.2. The first-order chi connectivity index (χ1) is 8.90. The number of benzene rings is 2. The van der Waals surface area contributed by atoms with Gasteiger partial charge in [0.05, 0.1) is 0 Å². The third-order valence-corrected chi connectivity index (χ3v) is 4.99. The zero-order chi connectivity index (χ0) is 14.3. The maximum Gasteiger partial charge on any atom is -0.0117 e. The van der Waals surface area contributed by atoms with Crippen LogP contribution in [0.2, 0.25) is 0 Å². The van der Waals surface area contributed by atoms with Gasteiger partial charge in [0.25, 0.3) is 0 Å². The second kappa shape index (κ2) is 5.00. The molecule has 0 saturated carbocycles. The fourth-order valence-corrected chi connectivity index (χ4v) is 3.25. The molecule has 0 saturated heterocycles. The smallest absolute Gasteiger partial charge is 0.0117 e. The van der Waals surface area contributed by atoms with E-state index in [0.29, 0.717) is 0 Å². The van der Waals surface area contributed by atoms with Crippen LogP contribution in [-0.4, -0.2) is 0 Å². The molecule has 0 spiro atoms. The highest BCUT2D eigenvalue weighted by Crippen LogP contribution is 2.34. The summed E-state index contributed by atoms with van der Waals surface area (Å²) in [4.78, 5) is 0. The number of aryl methyl sites for hydroxylation is 4. The summed E-state index contributed by atoms with van der Waals surface area (Å²) in [6.07, 6.45) is 2.41. The van der Waals surface area contributed by atoms with Crippen LogP contribution in [0.1, 0.15) is 52.3 Å². The molecule has 0 bridgehead atoms. The van der Waals surface area contributed by atoms with Gasteiger partial charge < -0.3 is 0 Å². The molecule has 2 aromatic carbocycles. The van der Waals surface area contributed by atoms with Crippen LogP contribution in [0.5, 0.6) is 0 Å². The highest BCUT2D eigenvalue weighted by Gasteiger charge is 2.14. The summed E-state index contributed by atoms with van der Waals surface area (Å²) in [6.45, 7) is 15.9. The van der Waals surface area contributed by atoms with Crippen molar-refractivity contribution >= 4 is 10.8 Å². The molecule has 0 atom stereocenters. The Labute approximate surface area is 117 Å². The third-order valence-electron chi connectivity index (χ3n) is 4.99. The van der Waals surface area contributed by atoms with Gasteiger partial charge in [0, 0.05) is 0 Å². The van der Waals surface area contributed by atoms with Gasteiger partial charge in [-0.2, -0.15) is 0 Å². The zero-order valence-electron chi connectivity index (χ0n) is 13.5. The van der Waals surface area contributed by atoms with Gasteiger partial charge in [-0.3, -0.25) is 0 Å². The summed E-state index contributed by atoms with van der Waals surface area (Å²) in [6, 6.07) is 2.44. The number of rotatable bonds is 2. The predicted molar refractivity (Wildman–Crippen MR) is 86.4 cm³/mol. The Morgan fingerprint density at radius 1 is 0.684 bits per heavy atom. The molecule has 0 heterocycles. The first-order valence-electron chi connectivity index (χ1n) is 7.39. The first-order valence-corrected chi connectivity index (χ1v) is 7.39. The summed E-state index contributed by atoms with van der Waals surface area (Å²) < 4.78 is 0. The number of fused-ring (bicyclic) bond motifs is 1. The Kier molecular flexibility index (Phi) is 3.71. The van der Waals surface area contributed by atoms with Crippen molar-refractivity contribution in [3.05, 3.63) is 45.0 Å². The standard InChI is InChI=1S/C19H26/c1-8-9-17-10-18-14(5)11(2)12(3)15(6)19(18)16(7)13(17)4/h10H,8-9H2,1-7H3. The van der Waals surface area contributed by atoms with Crippen molar-refractivity contribution in [1.29, 1.82) is 0 Å². The van der Waals surface area contributed by atoms with Crippen LogP contribution >= 0.6 is 0 Å². The van der Waals surface area contributed by atoms with E-state index in [1.165, 1.54) is 62.6 Å². The van der Waals surface area contributed by atoms with Crippen molar-refractivity contribution in [3.8, 4) is 0 Å². The van der Waals surface area contributed by atoms with Gasteiger partial charge in [-0.25, -0.2) is 0 Å². The topological polar surface area (TPSA) is 0 Å². The van der Waals surface area contributed by atoms with Gasteiger partial charge in [0.2, 0.25) is 0 Å². The molecule has 0 unspecified atom stereocenters. The van der Waals surface area contributed by atoms with Gasteiger partial charge in [-0.05, 0) is 97.7 Å². The molecule has 0 heteroatoms. The van der Waals surface area contributed by atoms with Crippen molar-refractivity contribution in [3.63, 3.8) is 0 Å². The Morgan fingerprint density at radius 3 is 1.79 bits per heavy atom. The maximum atomic E-state index is 2.44. The predicted octanol–water partition coefficient (Wildman–Crippen LogP) is 5.64. The van der Waals surface area contributed by atoms with Gasteiger partial charge >= 0.3 is 0 Å². The minimum atomic E-state index is 1.19. The van der Waals surface area contributed by atoms with Crippen LogP contribution in [0.3, 0.4) is 0 Å². The lowest BCUT2D eigenvalue weighted by Gasteiger charge is -2.19. The van der Waals surface area contributed by atoms with Crippen LogP contribution in [0, 0.1) is 41.5 Å². The summed E-state index contributed by atoms with van der Waals surface area (Å²) in [5, 5.41) is 2.95. The number of hydrogen-bond acceptors (Lipinski definition) is 0. The summed E-state index contributed by atoms with van der Waals surface area (Å²) in [5.74, 6) is 0. The van der Waals surface area contributed by atoms with E-state index in [2.05, 4.69) is 54.5 Å². The Morgan fingerprint density at radius 2 is 1.21 bits per heavy atom. The Hall–Kier alpha value is -1.30. The summed E-state index contributed by atoms with van der Waals surface area (Å²) in [7, 11) is 0. The maximum absolute atomic E-state index is 2.44. The van der Waals surface area contributed by atoms with Crippen LogP contribution in [0.4, 0.5) is 0 Å². The van der Waals surface area contributed by atoms with Crippen LogP contribution < -0.4 is 0 Å². The van der Waals surface area contributed by atoms with Crippen molar-refractivity contribution < 1.29 is 0 Å². The Balaban J connectivity index is 2.96. The molecule has 2 aromatic rings. The molecule has 2 rings (SSSR count). The minimum absolute atomic E-state index is 1.19. The van der Waals surface area contributed by atoms with Crippen LogP contribution in [0.25, 0.3) is 10.8 Å². The zero-order valence-corrected chi connectivity index (χ0v) is 13.5. The van der Waals surface area contributed by atoms with Gasteiger partial charge in [-0.1, -0.05) is 19.4 Å². The molecular weight excluding hydrogens is 228 g/mol. The van der Waals surface area contributed by atoms with E-state index in [1.807, 2.05) is 0 Å². The average Bonchev–Trinajstić information content (AvgIpc) is 2.39. The van der Waals surface area contributed by atoms with E-state index < -0.39 is 0 Å². The fourth-order valence-electron chi connectivity index (χ4n) is 3.25. The van der Waals surface area contributed by atoms with Gasteiger partial charge in [0.15, 0.2) is 0 Å². The lowest BCUT2D eigenvalue weighted by atomic mass is 9.85. The monoisotopic (exact) mass is 254 g/mol. The van der Waals surface area contributed by atoms with E-state index in [4.69, 9.17) is 0 Å². The molecule has 0 nitrogen and oxygen atoms in total. The fraction of sp³-hybridized carbons (Fsp3) is 0.474. The largest absolute Gasteiger partial charge is 0.0651 e. The molecule has 0 N–H and O–H groups in total.